The molecule has 2 N–H and O–H groups in total. The maximum atomic E-state index is 5.76. The first-order valence-corrected chi connectivity index (χ1v) is 7.39. The van der Waals surface area contributed by atoms with Crippen LogP contribution >= 0.6 is 12.2 Å². The Balaban J connectivity index is 1.93. The minimum atomic E-state index is 0.488. The van der Waals surface area contributed by atoms with Crippen LogP contribution in [0.15, 0.2) is 59.7 Å². The summed E-state index contributed by atoms with van der Waals surface area (Å²) in [7, 11) is 1.75. The predicted octanol–water partition coefficient (Wildman–Crippen LogP) is 3.08. The van der Waals surface area contributed by atoms with Crippen molar-refractivity contribution in [2.75, 3.05) is 7.05 Å². The first-order chi connectivity index (χ1) is 10.7. The van der Waals surface area contributed by atoms with Crippen LogP contribution in [0.5, 0.6) is 5.75 Å². The molecule has 0 bridgehead atoms. The zero-order chi connectivity index (χ0) is 15.8. The summed E-state index contributed by atoms with van der Waals surface area (Å²) in [6.45, 7) is 2.48. The van der Waals surface area contributed by atoms with Gasteiger partial charge in [0.1, 0.15) is 12.4 Å². The van der Waals surface area contributed by atoms with E-state index in [4.69, 9.17) is 17.0 Å². The molecular weight excluding hydrogens is 294 g/mol. The van der Waals surface area contributed by atoms with Crippen LogP contribution in [0.2, 0.25) is 0 Å². The molecule has 0 aliphatic carbocycles. The number of thiocarbonyl (C=S) groups is 1. The van der Waals surface area contributed by atoms with E-state index in [0.29, 0.717) is 11.7 Å². The summed E-state index contributed by atoms with van der Waals surface area (Å²) < 4.78 is 5.76. The van der Waals surface area contributed by atoms with E-state index in [1.165, 1.54) is 0 Å². The number of nitrogens with zero attached hydrogens (tertiary/aromatic N) is 1. The van der Waals surface area contributed by atoms with Crippen LogP contribution in [0.4, 0.5) is 0 Å². The van der Waals surface area contributed by atoms with Gasteiger partial charge in [-0.25, -0.2) is 0 Å². The summed E-state index contributed by atoms with van der Waals surface area (Å²) in [5.74, 6) is 0.833. The van der Waals surface area contributed by atoms with Crippen molar-refractivity contribution in [1.29, 1.82) is 0 Å². The van der Waals surface area contributed by atoms with Gasteiger partial charge in [-0.1, -0.05) is 30.3 Å². The largest absolute Gasteiger partial charge is 0.489 e. The van der Waals surface area contributed by atoms with Gasteiger partial charge in [0.05, 0.1) is 5.71 Å². The van der Waals surface area contributed by atoms with Crippen molar-refractivity contribution in [3.8, 4) is 5.75 Å². The lowest BCUT2D eigenvalue weighted by atomic mass is 10.1. The zero-order valence-corrected chi connectivity index (χ0v) is 13.5. The highest BCUT2D eigenvalue weighted by Crippen LogP contribution is 2.14. The molecule has 0 fully saturated rings. The zero-order valence-electron chi connectivity index (χ0n) is 12.7. The highest BCUT2D eigenvalue weighted by atomic mass is 32.1. The topological polar surface area (TPSA) is 45.7 Å². The van der Waals surface area contributed by atoms with Gasteiger partial charge in [0.15, 0.2) is 5.11 Å². The first kappa shape index (κ1) is 16.0. The van der Waals surface area contributed by atoms with E-state index in [2.05, 4.69) is 15.8 Å². The fraction of sp³-hybridized carbons (Fsp3) is 0.176. The lowest BCUT2D eigenvalue weighted by Crippen LogP contribution is -2.29. The Morgan fingerprint density at radius 1 is 1.09 bits per heavy atom. The van der Waals surface area contributed by atoms with E-state index in [1.807, 2.05) is 61.5 Å². The van der Waals surface area contributed by atoms with Crippen molar-refractivity contribution < 1.29 is 4.74 Å². The highest BCUT2D eigenvalue weighted by Gasteiger charge is 2.00. The standard InChI is InChI=1S/C17H19N3OS/c1-13(19-20-17(22)18-2)15-8-10-16(11-9-15)21-12-14-6-4-3-5-7-14/h3-11H,12H2,1-2H3,(H2,18,20,22)/b19-13-. The summed E-state index contributed by atoms with van der Waals surface area (Å²) in [6.07, 6.45) is 0. The Bertz CT molecular complexity index is 639. The Labute approximate surface area is 136 Å². The van der Waals surface area contributed by atoms with Crippen LogP contribution < -0.4 is 15.5 Å². The van der Waals surface area contributed by atoms with E-state index in [9.17, 15) is 0 Å². The molecule has 2 rings (SSSR count). The third kappa shape index (κ3) is 4.86. The highest BCUT2D eigenvalue weighted by molar-refractivity contribution is 7.80. The molecule has 2 aromatic carbocycles. The molecule has 4 nitrogen and oxygen atoms in total. The van der Waals surface area contributed by atoms with Crippen molar-refractivity contribution in [3.63, 3.8) is 0 Å². The fourth-order valence-electron chi connectivity index (χ4n) is 1.79. The Morgan fingerprint density at radius 2 is 1.77 bits per heavy atom. The van der Waals surface area contributed by atoms with Crippen molar-refractivity contribution in [2.24, 2.45) is 5.10 Å². The van der Waals surface area contributed by atoms with Gasteiger partial charge in [0.2, 0.25) is 0 Å². The molecule has 114 valence electrons. The summed E-state index contributed by atoms with van der Waals surface area (Å²) in [4.78, 5) is 0. The van der Waals surface area contributed by atoms with Crippen LogP contribution in [-0.4, -0.2) is 17.9 Å². The minimum Gasteiger partial charge on any atom is -0.489 e. The lowest BCUT2D eigenvalue weighted by molar-refractivity contribution is 0.306. The number of hydrogen-bond donors (Lipinski definition) is 2. The maximum absolute atomic E-state index is 5.76. The van der Waals surface area contributed by atoms with Crippen LogP contribution in [0.25, 0.3) is 0 Å². The number of hydrogen-bond acceptors (Lipinski definition) is 3. The van der Waals surface area contributed by atoms with Gasteiger partial charge < -0.3 is 10.1 Å². The van der Waals surface area contributed by atoms with Crippen molar-refractivity contribution in [2.45, 2.75) is 13.5 Å². The Morgan fingerprint density at radius 3 is 2.41 bits per heavy atom. The molecule has 0 saturated heterocycles. The predicted molar refractivity (Wildman–Crippen MR) is 94.2 cm³/mol. The minimum absolute atomic E-state index is 0.488. The van der Waals surface area contributed by atoms with Crippen LogP contribution in [-0.2, 0) is 6.61 Å². The molecule has 0 radical (unpaired) electrons. The molecule has 22 heavy (non-hydrogen) atoms. The molecule has 0 atom stereocenters. The lowest BCUT2D eigenvalue weighted by Gasteiger charge is -2.08. The molecule has 0 unspecified atom stereocenters. The summed E-state index contributed by atoms with van der Waals surface area (Å²) in [6, 6.07) is 17.9. The van der Waals surface area contributed by atoms with E-state index >= 15 is 0 Å². The second kappa shape index (κ2) is 8.14. The molecular formula is C17H19N3OS. The molecule has 5 heteroatoms. The summed E-state index contributed by atoms with van der Waals surface area (Å²) in [5.41, 5.74) is 5.78. The fourth-order valence-corrected chi connectivity index (χ4v) is 1.83. The second-order valence-corrected chi connectivity index (χ2v) is 5.10. The van der Waals surface area contributed by atoms with E-state index in [1.54, 1.807) is 7.05 Å². The number of hydrazone groups is 1. The van der Waals surface area contributed by atoms with E-state index < -0.39 is 0 Å². The van der Waals surface area contributed by atoms with Gasteiger partial charge in [-0.05, 0) is 54.5 Å². The van der Waals surface area contributed by atoms with Gasteiger partial charge in [-0.2, -0.15) is 5.10 Å². The molecule has 0 aliphatic rings. The average molecular weight is 313 g/mol. The van der Waals surface area contributed by atoms with E-state index in [0.717, 1.165) is 22.6 Å². The first-order valence-electron chi connectivity index (χ1n) is 6.98. The van der Waals surface area contributed by atoms with Gasteiger partial charge in [-0.3, -0.25) is 5.43 Å². The van der Waals surface area contributed by atoms with Crippen molar-refractivity contribution >= 4 is 23.0 Å². The smallest absolute Gasteiger partial charge is 0.186 e. The molecule has 0 aliphatic heterocycles. The number of ether oxygens (including phenoxy) is 1. The average Bonchev–Trinajstić information content (AvgIpc) is 2.59. The number of nitrogens with one attached hydrogen (secondary N) is 2. The van der Waals surface area contributed by atoms with Gasteiger partial charge in [-0.15, -0.1) is 0 Å². The maximum Gasteiger partial charge on any atom is 0.186 e. The quantitative estimate of drug-likeness (QED) is 0.506. The van der Waals surface area contributed by atoms with Crippen LogP contribution in [0.3, 0.4) is 0 Å². The van der Waals surface area contributed by atoms with Gasteiger partial charge in [0.25, 0.3) is 0 Å². The summed E-state index contributed by atoms with van der Waals surface area (Å²) in [5, 5.41) is 7.51. The second-order valence-electron chi connectivity index (χ2n) is 4.69. The Hall–Kier alpha value is -2.40. The summed E-state index contributed by atoms with van der Waals surface area (Å²) >= 11 is 4.98. The molecule has 2 aromatic rings. The van der Waals surface area contributed by atoms with E-state index in [-0.39, 0.29) is 0 Å². The van der Waals surface area contributed by atoms with Crippen LogP contribution in [0.1, 0.15) is 18.1 Å². The monoisotopic (exact) mass is 313 g/mol. The van der Waals surface area contributed by atoms with Crippen molar-refractivity contribution in [1.82, 2.24) is 10.7 Å². The number of rotatable bonds is 5. The SMILES string of the molecule is CNC(=S)N/N=C(/C)c1ccc(OCc2ccccc2)cc1. The molecule has 0 aromatic heterocycles. The van der Waals surface area contributed by atoms with Crippen molar-refractivity contribution in [3.05, 3.63) is 65.7 Å². The molecule has 0 amide bonds. The number of benzene rings is 2. The Kier molecular flexibility index (Phi) is 5.91. The van der Waals surface area contributed by atoms with Gasteiger partial charge >= 0.3 is 0 Å². The third-order valence-corrected chi connectivity index (χ3v) is 3.37. The molecule has 0 heterocycles. The third-order valence-electron chi connectivity index (χ3n) is 3.07. The molecule has 0 spiro atoms. The van der Waals surface area contributed by atoms with Gasteiger partial charge in [0, 0.05) is 7.05 Å². The molecule has 0 saturated carbocycles. The normalized spacial score (nSPS) is 10.9. The van der Waals surface area contributed by atoms with Crippen LogP contribution in [0, 0.1) is 0 Å².